The molecule has 148 valence electrons. The van der Waals surface area contributed by atoms with Crippen LogP contribution in [0, 0.1) is 16.7 Å². The Balaban J connectivity index is 1.96. The van der Waals surface area contributed by atoms with Crippen molar-refractivity contribution in [2.45, 2.75) is 32.6 Å². The third-order valence-corrected chi connectivity index (χ3v) is 5.40. The monoisotopic (exact) mass is 390 g/mol. The molecule has 2 heterocycles. The van der Waals surface area contributed by atoms with Crippen LogP contribution in [-0.4, -0.2) is 22.6 Å². The maximum absolute atomic E-state index is 13.1. The van der Waals surface area contributed by atoms with Gasteiger partial charge in [-0.15, -0.1) is 0 Å². The first kappa shape index (κ1) is 18.9. The van der Waals surface area contributed by atoms with Gasteiger partial charge in [-0.1, -0.05) is 19.9 Å². The second kappa shape index (κ2) is 6.85. The average molecular weight is 390 g/mol. The van der Waals surface area contributed by atoms with Gasteiger partial charge in [-0.05, 0) is 35.2 Å². The Morgan fingerprint density at radius 2 is 2.00 bits per heavy atom. The summed E-state index contributed by atoms with van der Waals surface area (Å²) in [5.74, 6) is 0.693. The van der Waals surface area contributed by atoms with Crippen LogP contribution in [0.25, 0.3) is 5.88 Å². The van der Waals surface area contributed by atoms with Gasteiger partial charge in [0.2, 0.25) is 5.88 Å². The lowest BCUT2D eigenvalue weighted by molar-refractivity contribution is -0.118. The van der Waals surface area contributed by atoms with E-state index in [1.807, 2.05) is 38.4 Å². The highest BCUT2D eigenvalue weighted by atomic mass is 16.5. The summed E-state index contributed by atoms with van der Waals surface area (Å²) in [5.41, 5.74) is 1.34. The Bertz CT molecular complexity index is 1080. The summed E-state index contributed by atoms with van der Waals surface area (Å²) < 4.78 is 13.2. The molecule has 0 saturated heterocycles. The van der Waals surface area contributed by atoms with Crippen LogP contribution in [0.15, 0.2) is 59.6 Å². The van der Waals surface area contributed by atoms with Crippen LogP contribution in [0.5, 0.6) is 11.5 Å². The first-order chi connectivity index (χ1) is 13.8. The van der Waals surface area contributed by atoms with Crippen LogP contribution in [0.4, 0.5) is 0 Å². The molecule has 6 heteroatoms. The summed E-state index contributed by atoms with van der Waals surface area (Å²) in [5, 5.41) is 20.0. The molecule has 1 aromatic carbocycles. The van der Waals surface area contributed by atoms with E-state index in [0.717, 1.165) is 0 Å². The molecule has 6 nitrogen and oxygen atoms in total. The van der Waals surface area contributed by atoms with Crippen molar-refractivity contribution in [2.24, 2.45) is 5.41 Å². The fraction of sp³-hybridized carbons (Fsp3) is 0.304. The number of nitriles is 1. The van der Waals surface area contributed by atoms with E-state index in [2.05, 4.69) is 6.07 Å². The summed E-state index contributed by atoms with van der Waals surface area (Å²) in [4.78, 5) is 13.1. The Kier molecular flexibility index (Phi) is 4.46. The summed E-state index contributed by atoms with van der Waals surface area (Å²) in [7, 11) is 1.47. The van der Waals surface area contributed by atoms with Gasteiger partial charge in [-0.2, -0.15) is 5.26 Å². The normalized spacial score (nSPS) is 20.8. The van der Waals surface area contributed by atoms with Crippen LogP contribution in [0.3, 0.4) is 0 Å². The molecule has 0 saturated carbocycles. The molecule has 0 amide bonds. The molecule has 1 aromatic heterocycles. The van der Waals surface area contributed by atoms with Gasteiger partial charge in [-0.3, -0.25) is 9.36 Å². The van der Waals surface area contributed by atoms with Gasteiger partial charge in [0.15, 0.2) is 17.3 Å². The van der Waals surface area contributed by atoms with Crippen molar-refractivity contribution in [3.8, 4) is 17.6 Å². The van der Waals surface area contributed by atoms with E-state index in [1.54, 1.807) is 16.7 Å². The first-order valence-electron chi connectivity index (χ1n) is 9.43. The summed E-state index contributed by atoms with van der Waals surface area (Å²) in [6, 6.07) is 10.9. The highest BCUT2D eigenvalue weighted by Gasteiger charge is 2.43. The molecule has 1 aliphatic carbocycles. The molecule has 0 fully saturated rings. The average Bonchev–Trinajstić information content (AvgIpc) is 3.20. The van der Waals surface area contributed by atoms with Crippen molar-refractivity contribution >= 4 is 11.7 Å². The van der Waals surface area contributed by atoms with E-state index < -0.39 is 5.92 Å². The number of phenols is 1. The molecule has 4 rings (SSSR count). The predicted molar refractivity (Wildman–Crippen MR) is 107 cm³/mol. The molecular weight excluding hydrogens is 368 g/mol. The van der Waals surface area contributed by atoms with Crippen LogP contribution in [-0.2, 0) is 9.53 Å². The number of allylic oxidation sites excluding steroid dienone is 3. The number of methoxy groups -OCH3 is 1. The SMILES string of the molecule is COc1cc([C@@H]2C(C#N)=C(n3cccc3)OC3=C2C(=O)CC(C)(C)C3)ccc1O. The van der Waals surface area contributed by atoms with Crippen molar-refractivity contribution in [3.63, 3.8) is 0 Å². The number of ketones is 1. The number of hydrogen-bond donors (Lipinski definition) is 1. The third kappa shape index (κ3) is 3.19. The standard InChI is InChI=1S/C23H22N2O4/c1-23(2)11-17(27)21-19(12-23)29-22(25-8-4-5-9-25)15(13-24)20(21)14-6-7-16(26)18(10-14)28-3/h4-10,20,26H,11-12H2,1-3H3/t20-/m1/s1. The highest BCUT2D eigenvalue weighted by Crippen LogP contribution is 2.50. The zero-order valence-electron chi connectivity index (χ0n) is 16.6. The summed E-state index contributed by atoms with van der Waals surface area (Å²) in [6.07, 6.45) is 4.60. The predicted octanol–water partition coefficient (Wildman–Crippen LogP) is 4.35. The molecule has 1 atom stereocenters. The summed E-state index contributed by atoms with van der Waals surface area (Å²) in [6.45, 7) is 4.07. The van der Waals surface area contributed by atoms with Gasteiger partial charge < -0.3 is 14.6 Å². The van der Waals surface area contributed by atoms with E-state index in [0.29, 0.717) is 46.9 Å². The molecule has 29 heavy (non-hydrogen) atoms. The number of carbonyl (C=O) groups excluding carboxylic acids is 1. The third-order valence-electron chi connectivity index (χ3n) is 5.40. The number of aromatic nitrogens is 1. The number of aromatic hydroxyl groups is 1. The van der Waals surface area contributed by atoms with Gasteiger partial charge in [0, 0.05) is 30.8 Å². The van der Waals surface area contributed by atoms with Crippen LogP contribution in [0.1, 0.15) is 38.2 Å². The number of phenolic OH excluding ortho intramolecular Hbond substituents is 1. The maximum atomic E-state index is 13.1. The van der Waals surface area contributed by atoms with Crippen molar-refractivity contribution in [2.75, 3.05) is 7.11 Å². The molecule has 1 N–H and O–H groups in total. The largest absolute Gasteiger partial charge is 0.504 e. The smallest absolute Gasteiger partial charge is 0.218 e. The zero-order valence-corrected chi connectivity index (χ0v) is 16.6. The Labute approximate surface area is 169 Å². The lowest BCUT2D eigenvalue weighted by Crippen LogP contribution is -2.32. The minimum absolute atomic E-state index is 0.00161. The maximum Gasteiger partial charge on any atom is 0.218 e. The Hall–Kier alpha value is -3.46. The highest BCUT2D eigenvalue weighted by molar-refractivity contribution is 6.00. The van der Waals surface area contributed by atoms with Gasteiger partial charge in [-0.25, -0.2) is 0 Å². The fourth-order valence-electron chi connectivity index (χ4n) is 4.11. The van der Waals surface area contributed by atoms with Crippen LogP contribution >= 0.6 is 0 Å². The molecule has 1 aliphatic heterocycles. The molecule has 2 aliphatic rings. The molecule has 2 aromatic rings. The van der Waals surface area contributed by atoms with E-state index in [4.69, 9.17) is 9.47 Å². The Morgan fingerprint density at radius 3 is 2.66 bits per heavy atom. The van der Waals surface area contributed by atoms with E-state index >= 15 is 0 Å². The first-order valence-corrected chi connectivity index (χ1v) is 9.43. The minimum atomic E-state index is -0.584. The number of Topliss-reactive ketones (excluding diaryl/α,β-unsaturated/α-hetero) is 1. The van der Waals surface area contributed by atoms with E-state index in [9.17, 15) is 15.2 Å². The Morgan fingerprint density at radius 1 is 1.28 bits per heavy atom. The number of ether oxygens (including phenoxy) is 2. The number of carbonyl (C=O) groups is 1. The quantitative estimate of drug-likeness (QED) is 0.842. The van der Waals surface area contributed by atoms with Crippen LogP contribution < -0.4 is 4.74 Å². The minimum Gasteiger partial charge on any atom is -0.504 e. The van der Waals surface area contributed by atoms with E-state index in [1.165, 1.54) is 13.2 Å². The van der Waals surface area contributed by atoms with Gasteiger partial charge >= 0.3 is 0 Å². The molecular formula is C23H22N2O4. The van der Waals surface area contributed by atoms with Crippen molar-refractivity contribution in [1.82, 2.24) is 4.57 Å². The van der Waals surface area contributed by atoms with Gasteiger partial charge in [0.1, 0.15) is 17.4 Å². The van der Waals surface area contributed by atoms with Crippen molar-refractivity contribution < 1.29 is 19.4 Å². The van der Waals surface area contributed by atoms with Crippen molar-refractivity contribution in [3.05, 3.63) is 65.2 Å². The van der Waals surface area contributed by atoms with Crippen molar-refractivity contribution in [1.29, 1.82) is 5.26 Å². The lowest BCUT2D eigenvalue weighted by Gasteiger charge is -2.38. The fourth-order valence-corrected chi connectivity index (χ4v) is 4.11. The number of rotatable bonds is 3. The summed E-state index contributed by atoms with van der Waals surface area (Å²) >= 11 is 0. The van der Waals surface area contributed by atoms with Gasteiger partial charge in [0.05, 0.1) is 13.0 Å². The van der Waals surface area contributed by atoms with Gasteiger partial charge in [0.25, 0.3) is 0 Å². The molecule has 0 bridgehead atoms. The topological polar surface area (TPSA) is 84.5 Å². The molecule has 0 unspecified atom stereocenters. The zero-order chi connectivity index (χ0) is 20.8. The van der Waals surface area contributed by atoms with Crippen LogP contribution in [0.2, 0.25) is 0 Å². The number of benzene rings is 1. The molecule has 0 spiro atoms. The lowest BCUT2D eigenvalue weighted by atomic mass is 9.70. The second-order valence-electron chi connectivity index (χ2n) is 8.17. The molecule has 0 radical (unpaired) electrons. The number of hydrogen-bond acceptors (Lipinski definition) is 5. The van der Waals surface area contributed by atoms with E-state index in [-0.39, 0.29) is 16.9 Å². The number of nitrogens with zero attached hydrogens (tertiary/aromatic N) is 2. The second-order valence-corrected chi connectivity index (χ2v) is 8.17.